The lowest BCUT2D eigenvalue weighted by molar-refractivity contribution is -0.0864. The van der Waals surface area contributed by atoms with Crippen molar-refractivity contribution in [1.29, 1.82) is 0 Å². The minimum absolute atomic E-state index is 0.332. The van der Waals surface area contributed by atoms with Crippen LogP contribution in [0.4, 0.5) is 0 Å². The molecule has 0 saturated heterocycles. The third-order valence-corrected chi connectivity index (χ3v) is 2.86. The van der Waals surface area contributed by atoms with Crippen molar-refractivity contribution in [2.45, 2.75) is 25.2 Å². The molecular weight excluding hydrogens is 232 g/mol. The first kappa shape index (κ1) is 14.9. The summed E-state index contributed by atoms with van der Waals surface area (Å²) in [5, 5.41) is 37.3. The molecule has 4 atom stereocenters. The van der Waals surface area contributed by atoms with Gasteiger partial charge in [-0.15, -0.1) is 0 Å². The number of rotatable bonds is 6. The SMILES string of the molecule is CC(/C=C/c1ccccc1)C(O)C(O)C(O)CO. The first-order valence-corrected chi connectivity index (χ1v) is 5.94. The van der Waals surface area contributed by atoms with Gasteiger partial charge in [0.05, 0.1) is 12.7 Å². The molecule has 0 saturated carbocycles. The van der Waals surface area contributed by atoms with Gasteiger partial charge < -0.3 is 20.4 Å². The zero-order valence-corrected chi connectivity index (χ0v) is 10.3. The van der Waals surface area contributed by atoms with E-state index in [-0.39, 0.29) is 5.92 Å². The van der Waals surface area contributed by atoms with E-state index in [2.05, 4.69) is 0 Å². The summed E-state index contributed by atoms with van der Waals surface area (Å²) in [6, 6.07) is 9.58. The summed E-state index contributed by atoms with van der Waals surface area (Å²) in [7, 11) is 0. The van der Waals surface area contributed by atoms with Crippen LogP contribution in [-0.2, 0) is 0 Å². The molecule has 0 aliphatic carbocycles. The fourth-order valence-corrected chi connectivity index (χ4v) is 1.59. The summed E-state index contributed by atoms with van der Waals surface area (Å²) in [6.45, 7) is 1.16. The molecule has 0 radical (unpaired) electrons. The standard InChI is InChI=1S/C14H20O4/c1-10(13(17)14(18)12(16)9-15)7-8-11-5-3-2-4-6-11/h2-8,10,12-18H,9H2,1H3/b8-7+. The Balaban J connectivity index is 2.59. The second kappa shape index (κ2) is 7.28. The van der Waals surface area contributed by atoms with Crippen LogP contribution >= 0.6 is 0 Å². The fourth-order valence-electron chi connectivity index (χ4n) is 1.59. The molecule has 0 bridgehead atoms. The van der Waals surface area contributed by atoms with Gasteiger partial charge in [0.1, 0.15) is 12.2 Å². The maximum atomic E-state index is 9.79. The van der Waals surface area contributed by atoms with Gasteiger partial charge in [0.2, 0.25) is 0 Å². The van der Waals surface area contributed by atoms with E-state index >= 15 is 0 Å². The van der Waals surface area contributed by atoms with Crippen LogP contribution in [0, 0.1) is 5.92 Å². The van der Waals surface area contributed by atoms with E-state index in [1.54, 1.807) is 13.0 Å². The Bertz CT molecular complexity index is 363. The molecule has 4 heteroatoms. The smallest absolute Gasteiger partial charge is 0.109 e. The largest absolute Gasteiger partial charge is 0.394 e. The van der Waals surface area contributed by atoms with Gasteiger partial charge in [-0.05, 0) is 5.56 Å². The molecule has 4 unspecified atom stereocenters. The van der Waals surface area contributed by atoms with E-state index in [1.807, 2.05) is 36.4 Å². The highest BCUT2D eigenvalue weighted by Crippen LogP contribution is 2.14. The summed E-state index contributed by atoms with van der Waals surface area (Å²) in [4.78, 5) is 0. The molecule has 100 valence electrons. The zero-order valence-electron chi connectivity index (χ0n) is 10.3. The summed E-state index contributed by atoms with van der Waals surface area (Å²) < 4.78 is 0. The van der Waals surface area contributed by atoms with Gasteiger partial charge in [-0.3, -0.25) is 0 Å². The van der Waals surface area contributed by atoms with E-state index < -0.39 is 24.9 Å². The van der Waals surface area contributed by atoms with Crippen molar-refractivity contribution in [1.82, 2.24) is 0 Å². The Kier molecular flexibility index (Phi) is 6.01. The molecule has 1 rings (SSSR count). The lowest BCUT2D eigenvalue weighted by Crippen LogP contribution is -2.42. The third kappa shape index (κ3) is 4.23. The highest BCUT2D eigenvalue weighted by molar-refractivity contribution is 5.49. The Morgan fingerprint density at radius 2 is 1.67 bits per heavy atom. The second-order valence-corrected chi connectivity index (χ2v) is 4.36. The van der Waals surface area contributed by atoms with Crippen molar-refractivity contribution in [3.8, 4) is 0 Å². The normalized spacial score (nSPS) is 18.5. The van der Waals surface area contributed by atoms with Gasteiger partial charge in [0.15, 0.2) is 0 Å². The molecule has 0 amide bonds. The summed E-state index contributed by atoms with van der Waals surface area (Å²) >= 11 is 0. The Hall–Kier alpha value is -1.20. The molecule has 0 aromatic heterocycles. The zero-order chi connectivity index (χ0) is 13.5. The minimum atomic E-state index is -1.36. The quantitative estimate of drug-likeness (QED) is 0.591. The van der Waals surface area contributed by atoms with Gasteiger partial charge in [-0.1, -0.05) is 49.4 Å². The van der Waals surface area contributed by atoms with Crippen LogP contribution < -0.4 is 0 Å². The predicted octanol–water partition coefficient (Wildman–Crippen LogP) is 0.411. The average molecular weight is 252 g/mol. The molecule has 0 spiro atoms. The van der Waals surface area contributed by atoms with Gasteiger partial charge in [0.25, 0.3) is 0 Å². The minimum Gasteiger partial charge on any atom is -0.394 e. The maximum absolute atomic E-state index is 9.79. The molecule has 18 heavy (non-hydrogen) atoms. The average Bonchev–Trinajstić information content (AvgIpc) is 2.43. The molecule has 1 aromatic rings. The van der Waals surface area contributed by atoms with Crippen molar-refractivity contribution in [3.05, 3.63) is 42.0 Å². The van der Waals surface area contributed by atoms with Crippen molar-refractivity contribution in [2.75, 3.05) is 6.61 Å². The van der Waals surface area contributed by atoms with Crippen molar-refractivity contribution >= 4 is 6.08 Å². The molecule has 1 aromatic carbocycles. The number of aliphatic hydroxyl groups is 4. The third-order valence-electron chi connectivity index (χ3n) is 2.86. The maximum Gasteiger partial charge on any atom is 0.109 e. The first-order valence-electron chi connectivity index (χ1n) is 5.94. The number of hydrogen-bond acceptors (Lipinski definition) is 4. The van der Waals surface area contributed by atoms with Crippen LogP contribution in [0.15, 0.2) is 36.4 Å². The lowest BCUT2D eigenvalue weighted by atomic mass is 9.95. The molecule has 4 nitrogen and oxygen atoms in total. The summed E-state index contributed by atoms with van der Waals surface area (Å²) in [6.07, 6.45) is -0.204. The lowest BCUT2D eigenvalue weighted by Gasteiger charge is -2.24. The van der Waals surface area contributed by atoms with E-state index in [9.17, 15) is 15.3 Å². The van der Waals surface area contributed by atoms with Crippen LogP contribution in [0.5, 0.6) is 0 Å². The van der Waals surface area contributed by atoms with Crippen molar-refractivity contribution in [2.24, 2.45) is 5.92 Å². The Morgan fingerprint density at radius 3 is 2.22 bits per heavy atom. The fraction of sp³-hybridized carbons (Fsp3) is 0.429. The van der Waals surface area contributed by atoms with Crippen LogP contribution in [0.1, 0.15) is 12.5 Å². The molecule has 0 heterocycles. The molecule has 0 fully saturated rings. The molecule has 0 aliphatic rings. The molecule has 0 aliphatic heterocycles. The molecule has 4 N–H and O–H groups in total. The number of hydrogen-bond donors (Lipinski definition) is 4. The van der Waals surface area contributed by atoms with Gasteiger partial charge >= 0.3 is 0 Å². The highest BCUT2D eigenvalue weighted by atomic mass is 16.4. The van der Waals surface area contributed by atoms with E-state index in [0.29, 0.717) is 0 Å². The van der Waals surface area contributed by atoms with Gasteiger partial charge in [-0.25, -0.2) is 0 Å². The van der Waals surface area contributed by atoms with E-state index in [1.165, 1.54) is 0 Å². The van der Waals surface area contributed by atoms with Crippen LogP contribution in [0.3, 0.4) is 0 Å². The van der Waals surface area contributed by atoms with Crippen LogP contribution in [0.2, 0.25) is 0 Å². The topological polar surface area (TPSA) is 80.9 Å². The van der Waals surface area contributed by atoms with Crippen LogP contribution in [0.25, 0.3) is 6.08 Å². The van der Waals surface area contributed by atoms with Gasteiger partial charge in [-0.2, -0.15) is 0 Å². The Labute approximate surface area is 107 Å². The van der Waals surface area contributed by atoms with Gasteiger partial charge in [0, 0.05) is 5.92 Å². The Morgan fingerprint density at radius 1 is 1.06 bits per heavy atom. The summed E-state index contributed by atoms with van der Waals surface area (Å²) in [5.41, 5.74) is 0.994. The van der Waals surface area contributed by atoms with Crippen molar-refractivity contribution in [3.63, 3.8) is 0 Å². The molecular formula is C14H20O4. The monoisotopic (exact) mass is 252 g/mol. The van der Waals surface area contributed by atoms with Crippen LogP contribution in [-0.4, -0.2) is 45.3 Å². The predicted molar refractivity (Wildman–Crippen MR) is 69.7 cm³/mol. The summed E-state index contributed by atoms with van der Waals surface area (Å²) in [5.74, 6) is -0.332. The van der Waals surface area contributed by atoms with Crippen molar-refractivity contribution < 1.29 is 20.4 Å². The van der Waals surface area contributed by atoms with E-state index in [4.69, 9.17) is 5.11 Å². The number of benzene rings is 1. The second-order valence-electron chi connectivity index (χ2n) is 4.36. The highest BCUT2D eigenvalue weighted by Gasteiger charge is 2.27. The first-order chi connectivity index (χ1) is 8.56. The number of aliphatic hydroxyl groups excluding tert-OH is 4. The van der Waals surface area contributed by atoms with E-state index in [0.717, 1.165) is 5.56 Å².